The number of carboxylic acid groups (broad SMARTS) is 1. The van der Waals surface area contributed by atoms with Gasteiger partial charge in [-0.25, -0.2) is 4.79 Å². The molecule has 0 spiro atoms. The maximum atomic E-state index is 10.9. The number of nitrogens with two attached hydrogens (primary N) is 1. The van der Waals surface area contributed by atoms with Crippen LogP contribution in [0.4, 0.5) is 5.69 Å². The number of ether oxygens (including phenoxy) is 1. The van der Waals surface area contributed by atoms with Crippen LogP contribution in [0.3, 0.4) is 0 Å². The Labute approximate surface area is 97.8 Å². The van der Waals surface area contributed by atoms with Crippen LogP contribution in [-0.2, 0) is 0 Å². The lowest BCUT2D eigenvalue weighted by Crippen LogP contribution is -2.04. The predicted octanol–water partition coefficient (Wildman–Crippen LogP) is 1.91. The van der Waals surface area contributed by atoms with E-state index in [2.05, 4.69) is 4.98 Å². The van der Waals surface area contributed by atoms with Crippen molar-refractivity contribution >= 4 is 22.6 Å². The van der Waals surface area contributed by atoms with Gasteiger partial charge >= 0.3 is 5.97 Å². The highest BCUT2D eigenvalue weighted by molar-refractivity contribution is 6.04. The normalized spacial score (nSPS) is 10.4. The lowest BCUT2D eigenvalue weighted by atomic mass is 10.1. The Hall–Kier alpha value is -2.30. The third-order valence-corrected chi connectivity index (χ3v) is 2.43. The van der Waals surface area contributed by atoms with Crippen LogP contribution in [0.1, 0.15) is 17.3 Å². The zero-order valence-electron chi connectivity index (χ0n) is 9.30. The second-order valence-corrected chi connectivity index (χ2v) is 3.48. The molecular weight excluding hydrogens is 220 g/mol. The minimum absolute atomic E-state index is 0.00569. The van der Waals surface area contributed by atoms with Gasteiger partial charge in [0.25, 0.3) is 0 Å². The second-order valence-electron chi connectivity index (χ2n) is 3.48. The molecule has 0 radical (unpaired) electrons. The van der Waals surface area contributed by atoms with Gasteiger partial charge in [0.05, 0.1) is 12.3 Å². The summed E-state index contributed by atoms with van der Waals surface area (Å²) in [6, 6.07) is 5.27. The van der Waals surface area contributed by atoms with Crippen LogP contribution < -0.4 is 10.5 Å². The number of carbonyl (C=O) groups is 1. The van der Waals surface area contributed by atoms with Crippen molar-refractivity contribution in [1.82, 2.24) is 4.98 Å². The maximum Gasteiger partial charge on any atom is 0.339 e. The number of aromatic carboxylic acids is 1. The molecule has 0 atom stereocenters. The van der Waals surface area contributed by atoms with Gasteiger partial charge in [-0.1, -0.05) is 12.1 Å². The molecule has 1 aromatic carbocycles. The van der Waals surface area contributed by atoms with Crippen LogP contribution >= 0.6 is 0 Å². The molecule has 0 fully saturated rings. The molecule has 2 rings (SSSR count). The topological polar surface area (TPSA) is 85.4 Å². The monoisotopic (exact) mass is 232 g/mol. The first kappa shape index (κ1) is 11.2. The van der Waals surface area contributed by atoms with E-state index >= 15 is 0 Å². The van der Waals surface area contributed by atoms with Gasteiger partial charge in [0.2, 0.25) is 0 Å². The van der Waals surface area contributed by atoms with Gasteiger partial charge in [0, 0.05) is 11.6 Å². The minimum atomic E-state index is -1.08. The first-order chi connectivity index (χ1) is 8.15. The van der Waals surface area contributed by atoms with E-state index in [-0.39, 0.29) is 11.3 Å². The Balaban J connectivity index is 2.71. The fourth-order valence-electron chi connectivity index (χ4n) is 1.66. The Morgan fingerprint density at radius 1 is 1.53 bits per heavy atom. The molecule has 0 aliphatic rings. The number of aromatic nitrogens is 1. The maximum absolute atomic E-state index is 10.9. The Morgan fingerprint density at radius 2 is 2.29 bits per heavy atom. The average molecular weight is 232 g/mol. The number of rotatable bonds is 3. The standard InChI is InChI=1S/C12H12N2O3/c1-2-17-9-5-3-4-7-10(13)8(12(15)16)6-14-11(7)9/h3-6H,2H2,1H3,(H2,13,14)(H,15,16). The van der Waals surface area contributed by atoms with Crippen LogP contribution in [0.15, 0.2) is 24.4 Å². The van der Waals surface area contributed by atoms with E-state index in [9.17, 15) is 4.79 Å². The number of anilines is 1. The summed E-state index contributed by atoms with van der Waals surface area (Å²) in [5.74, 6) is -0.479. The number of hydrogen-bond acceptors (Lipinski definition) is 4. The number of fused-ring (bicyclic) bond motifs is 1. The fraction of sp³-hybridized carbons (Fsp3) is 0.167. The lowest BCUT2D eigenvalue weighted by Gasteiger charge is -2.09. The molecule has 2 aromatic rings. The third kappa shape index (κ3) is 1.87. The van der Waals surface area contributed by atoms with Crippen molar-refractivity contribution in [1.29, 1.82) is 0 Å². The molecule has 1 heterocycles. The number of hydrogen-bond donors (Lipinski definition) is 2. The van der Waals surface area contributed by atoms with Crippen molar-refractivity contribution in [2.24, 2.45) is 0 Å². The SMILES string of the molecule is CCOc1cccc2c(N)c(C(=O)O)cnc12. The van der Waals surface area contributed by atoms with E-state index < -0.39 is 5.97 Å². The molecule has 5 nitrogen and oxygen atoms in total. The molecule has 0 bridgehead atoms. The number of pyridine rings is 1. The Bertz CT molecular complexity index is 581. The molecule has 0 saturated carbocycles. The molecule has 0 aliphatic heterocycles. The predicted molar refractivity (Wildman–Crippen MR) is 64.3 cm³/mol. The van der Waals surface area contributed by atoms with E-state index in [1.807, 2.05) is 6.92 Å². The van der Waals surface area contributed by atoms with Crippen molar-refractivity contribution in [2.75, 3.05) is 12.3 Å². The number of benzene rings is 1. The van der Waals surface area contributed by atoms with E-state index in [0.717, 1.165) is 0 Å². The molecule has 88 valence electrons. The molecule has 0 aliphatic carbocycles. The van der Waals surface area contributed by atoms with Crippen LogP contribution in [0.5, 0.6) is 5.75 Å². The van der Waals surface area contributed by atoms with Crippen LogP contribution in [0.2, 0.25) is 0 Å². The highest BCUT2D eigenvalue weighted by Crippen LogP contribution is 2.29. The number of nitrogen functional groups attached to an aromatic ring is 1. The molecule has 3 N–H and O–H groups in total. The van der Waals surface area contributed by atoms with Gasteiger partial charge in [-0.3, -0.25) is 4.98 Å². The van der Waals surface area contributed by atoms with E-state index in [4.69, 9.17) is 15.6 Å². The van der Waals surface area contributed by atoms with Gasteiger partial charge in [-0.05, 0) is 13.0 Å². The molecular formula is C12H12N2O3. The second kappa shape index (κ2) is 4.29. The lowest BCUT2D eigenvalue weighted by molar-refractivity contribution is 0.0698. The van der Waals surface area contributed by atoms with E-state index in [1.165, 1.54) is 6.20 Å². The highest BCUT2D eigenvalue weighted by Gasteiger charge is 2.13. The third-order valence-electron chi connectivity index (χ3n) is 2.43. The van der Waals surface area contributed by atoms with Crippen molar-refractivity contribution in [2.45, 2.75) is 6.92 Å². The first-order valence-corrected chi connectivity index (χ1v) is 5.18. The molecule has 17 heavy (non-hydrogen) atoms. The summed E-state index contributed by atoms with van der Waals surface area (Å²) in [4.78, 5) is 15.0. The summed E-state index contributed by atoms with van der Waals surface area (Å²) in [5.41, 5.74) is 6.61. The average Bonchev–Trinajstić information content (AvgIpc) is 2.30. The van der Waals surface area contributed by atoms with Gasteiger partial charge in [-0.2, -0.15) is 0 Å². The zero-order chi connectivity index (χ0) is 12.4. The summed E-state index contributed by atoms with van der Waals surface area (Å²) < 4.78 is 5.41. The van der Waals surface area contributed by atoms with Crippen molar-refractivity contribution < 1.29 is 14.6 Å². The summed E-state index contributed by atoms with van der Waals surface area (Å²) in [6.45, 7) is 2.38. The first-order valence-electron chi connectivity index (χ1n) is 5.18. The van der Waals surface area contributed by atoms with Gasteiger partial charge < -0.3 is 15.6 Å². The molecule has 0 amide bonds. The van der Waals surface area contributed by atoms with Gasteiger partial charge in [0.1, 0.15) is 16.8 Å². The van der Waals surface area contributed by atoms with Gasteiger partial charge in [-0.15, -0.1) is 0 Å². The van der Waals surface area contributed by atoms with E-state index in [0.29, 0.717) is 23.3 Å². The largest absolute Gasteiger partial charge is 0.492 e. The fourth-order valence-corrected chi connectivity index (χ4v) is 1.66. The van der Waals surface area contributed by atoms with Crippen molar-refractivity contribution in [3.63, 3.8) is 0 Å². The molecule has 1 aromatic heterocycles. The number of carboxylic acids is 1. The summed E-state index contributed by atoms with van der Waals surface area (Å²) in [6.07, 6.45) is 1.25. The summed E-state index contributed by atoms with van der Waals surface area (Å²) in [7, 11) is 0. The van der Waals surface area contributed by atoms with Crippen LogP contribution in [0.25, 0.3) is 10.9 Å². The smallest absolute Gasteiger partial charge is 0.339 e. The number of nitrogens with zero attached hydrogens (tertiary/aromatic N) is 1. The zero-order valence-corrected chi connectivity index (χ0v) is 9.30. The van der Waals surface area contributed by atoms with Crippen molar-refractivity contribution in [3.05, 3.63) is 30.0 Å². The number of para-hydroxylation sites is 1. The van der Waals surface area contributed by atoms with Crippen LogP contribution in [0, 0.1) is 0 Å². The van der Waals surface area contributed by atoms with E-state index in [1.54, 1.807) is 18.2 Å². The summed E-state index contributed by atoms with van der Waals surface area (Å²) in [5, 5.41) is 9.54. The Kier molecular flexibility index (Phi) is 2.82. The van der Waals surface area contributed by atoms with Gasteiger partial charge in [0.15, 0.2) is 0 Å². The minimum Gasteiger partial charge on any atom is -0.492 e. The molecule has 0 unspecified atom stereocenters. The van der Waals surface area contributed by atoms with Crippen LogP contribution in [-0.4, -0.2) is 22.7 Å². The Morgan fingerprint density at radius 3 is 2.94 bits per heavy atom. The summed E-state index contributed by atoms with van der Waals surface area (Å²) >= 11 is 0. The highest BCUT2D eigenvalue weighted by atomic mass is 16.5. The van der Waals surface area contributed by atoms with Crippen molar-refractivity contribution in [3.8, 4) is 5.75 Å². The molecule has 5 heteroatoms. The quantitative estimate of drug-likeness (QED) is 0.844. The molecule has 0 saturated heterocycles.